The normalized spacial score (nSPS) is 12.9. The van der Waals surface area contributed by atoms with Crippen LogP contribution in [0, 0.1) is 0 Å². The van der Waals surface area contributed by atoms with Gasteiger partial charge in [-0.2, -0.15) is 4.98 Å². The number of amides is 1. The van der Waals surface area contributed by atoms with E-state index < -0.39 is 20.6 Å². The van der Waals surface area contributed by atoms with Gasteiger partial charge in [-0.3, -0.25) is 4.79 Å². The van der Waals surface area contributed by atoms with Gasteiger partial charge >= 0.3 is 0 Å². The fourth-order valence-electron chi connectivity index (χ4n) is 0.528. The smallest absolute Gasteiger partial charge is 0.295 e. The second-order valence-corrected chi connectivity index (χ2v) is 5.61. The van der Waals surface area contributed by atoms with Crippen molar-refractivity contribution >= 4 is 51.7 Å². The minimum atomic E-state index is -1.67. The van der Waals surface area contributed by atoms with Crippen molar-refractivity contribution in [3.63, 3.8) is 0 Å². The van der Waals surface area contributed by atoms with Crippen LogP contribution in [0.25, 0.3) is 0 Å². The summed E-state index contributed by atoms with van der Waals surface area (Å²) < 4.78 is 7.09. The fraction of sp³-hybridized carbons (Fsp3) is 0.400. The van der Waals surface area contributed by atoms with Crippen LogP contribution in [0.5, 0.6) is 0 Å². The summed E-state index contributed by atoms with van der Waals surface area (Å²) in [6, 6.07) is 0. The van der Waals surface area contributed by atoms with Crippen LogP contribution in [0.2, 0.25) is 0 Å². The summed E-state index contributed by atoms with van der Waals surface area (Å²) >= 11 is 16.5. The summed E-state index contributed by atoms with van der Waals surface area (Å²) in [5.74, 6) is -0.557. The predicted molar refractivity (Wildman–Crippen MR) is 54.4 cm³/mol. The van der Waals surface area contributed by atoms with Gasteiger partial charge in [-0.25, -0.2) is 0 Å². The second kappa shape index (κ2) is 4.59. The van der Waals surface area contributed by atoms with Crippen LogP contribution in [0.4, 0.5) is 0 Å². The van der Waals surface area contributed by atoms with Crippen LogP contribution in [0.3, 0.4) is 0 Å². The molecule has 9 heteroatoms. The molecule has 0 bridgehead atoms. The molecule has 1 amide bonds. The highest BCUT2D eigenvalue weighted by molar-refractivity contribution is 7.19. The third-order valence-electron chi connectivity index (χ3n) is 1.02. The van der Waals surface area contributed by atoms with Crippen molar-refractivity contribution < 1.29 is 8.98 Å². The maximum absolute atomic E-state index is 10.4. The number of hydrogen-bond acceptors (Lipinski definition) is 4. The van der Waals surface area contributed by atoms with Gasteiger partial charge in [0.15, 0.2) is 6.61 Å². The number of halogens is 3. The summed E-state index contributed by atoms with van der Waals surface area (Å²) in [6.07, 6.45) is 0. The fourth-order valence-corrected chi connectivity index (χ4v) is 1.89. The Balaban J connectivity index is 2.64. The molecule has 0 saturated carbocycles. The Hall–Kier alpha value is -0.140. The zero-order valence-corrected chi connectivity index (χ0v) is 9.70. The van der Waals surface area contributed by atoms with Crippen LogP contribution in [0.1, 0.15) is 5.82 Å². The number of nitrogens with two attached hydrogens (primary N) is 1. The van der Waals surface area contributed by atoms with Crippen LogP contribution < -0.4 is 9.92 Å². The van der Waals surface area contributed by atoms with Crippen molar-refractivity contribution in [3.8, 4) is 0 Å². The average Bonchev–Trinajstić information content (AvgIpc) is 2.47. The van der Waals surface area contributed by atoms with E-state index >= 15 is 0 Å². The first-order valence-corrected chi connectivity index (χ1v) is 5.55. The summed E-state index contributed by atoms with van der Waals surface area (Å²) in [4.78, 5) is 14.1. The molecule has 2 N–H and O–H groups in total. The number of alkyl halides is 3. The van der Waals surface area contributed by atoms with Crippen LogP contribution in [0.15, 0.2) is 5.51 Å². The zero-order valence-electron chi connectivity index (χ0n) is 6.61. The van der Waals surface area contributed by atoms with Gasteiger partial charge in [0.1, 0.15) is 0 Å². The van der Waals surface area contributed by atoms with E-state index in [0.29, 0.717) is 0 Å². The molecule has 1 unspecified atom stereocenters. The number of primary amides is 1. The lowest BCUT2D eigenvalue weighted by molar-refractivity contribution is -0.119. The Bertz CT molecular complexity index is 337. The highest BCUT2D eigenvalue weighted by Crippen LogP contribution is 2.36. The first-order chi connectivity index (χ1) is 6.39. The van der Waals surface area contributed by atoms with E-state index in [-0.39, 0.29) is 12.4 Å². The molecule has 0 saturated heterocycles. The lowest BCUT2D eigenvalue weighted by atomic mass is 10.7. The number of carbonyl (C=O) groups excluding carboxylic acids is 1. The molecule has 14 heavy (non-hydrogen) atoms. The van der Waals surface area contributed by atoms with Crippen LogP contribution in [-0.4, -0.2) is 21.9 Å². The van der Waals surface area contributed by atoms with Crippen molar-refractivity contribution in [2.45, 2.75) is 3.79 Å². The monoisotopic (exact) mass is 276 g/mol. The van der Waals surface area contributed by atoms with Crippen LogP contribution in [-0.2, 0) is 8.59 Å². The van der Waals surface area contributed by atoms with E-state index in [1.54, 1.807) is 0 Å². The van der Waals surface area contributed by atoms with E-state index in [2.05, 4.69) is 9.36 Å². The van der Waals surface area contributed by atoms with Gasteiger partial charge in [0.25, 0.3) is 20.2 Å². The van der Waals surface area contributed by atoms with Gasteiger partial charge in [-0.05, 0) is 0 Å². The van der Waals surface area contributed by atoms with Gasteiger partial charge in [-0.1, -0.05) is 34.8 Å². The Labute approximate surface area is 97.4 Å². The van der Waals surface area contributed by atoms with Gasteiger partial charge < -0.3 is 5.73 Å². The molecular weight excluding hydrogens is 272 g/mol. The molecule has 0 radical (unpaired) electrons. The average molecular weight is 278 g/mol. The van der Waals surface area contributed by atoms with E-state index in [0.717, 1.165) is 0 Å². The summed E-state index contributed by atoms with van der Waals surface area (Å²) in [7, 11) is -0.982. The number of nitrogens with zero attached hydrogens (tertiary/aromatic N) is 2. The molecule has 1 atom stereocenters. The molecule has 1 rings (SSSR count). The van der Waals surface area contributed by atoms with Crippen molar-refractivity contribution in [1.29, 1.82) is 0 Å². The molecule has 0 fully saturated rings. The second-order valence-electron chi connectivity index (χ2n) is 2.15. The van der Waals surface area contributed by atoms with E-state index in [1.165, 1.54) is 5.51 Å². The predicted octanol–water partition coefficient (Wildman–Crippen LogP) is 0.966. The molecule has 5 nitrogen and oxygen atoms in total. The SMILES string of the molecule is NC(=O)CO[s+]1cnc(C(Cl)(Cl)Cl)n1. The van der Waals surface area contributed by atoms with E-state index in [1.807, 2.05) is 0 Å². The number of hydrogen-bond donors (Lipinski definition) is 1. The Morgan fingerprint density at radius 2 is 2.29 bits per heavy atom. The molecule has 1 aromatic rings. The third-order valence-corrected chi connectivity index (χ3v) is 2.52. The number of carbonyl (C=O) groups is 1. The Kier molecular flexibility index (Phi) is 3.91. The zero-order chi connectivity index (χ0) is 10.8. The molecule has 0 aliphatic rings. The molecule has 78 valence electrons. The van der Waals surface area contributed by atoms with Gasteiger partial charge in [0.05, 0.1) is 0 Å². The maximum Gasteiger partial charge on any atom is 0.295 e. The first kappa shape index (κ1) is 11.9. The van der Waals surface area contributed by atoms with Crippen molar-refractivity contribution in [3.05, 3.63) is 11.3 Å². The first-order valence-electron chi connectivity index (χ1n) is 3.24. The molecular formula is C5H5Cl3N3O2S+. The van der Waals surface area contributed by atoms with E-state index in [4.69, 9.17) is 44.7 Å². The molecule has 1 heterocycles. The van der Waals surface area contributed by atoms with Gasteiger partial charge in [0.2, 0.25) is 11.7 Å². The molecule has 1 aromatic heterocycles. The highest BCUT2D eigenvalue weighted by atomic mass is 35.6. The largest absolute Gasteiger partial charge is 0.367 e. The van der Waals surface area contributed by atoms with Gasteiger partial charge in [-0.15, -0.1) is 4.18 Å². The summed E-state index contributed by atoms with van der Waals surface area (Å²) in [5.41, 5.74) is 6.21. The Morgan fingerprint density at radius 3 is 2.71 bits per heavy atom. The van der Waals surface area contributed by atoms with Crippen molar-refractivity contribution in [1.82, 2.24) is 9.36 Å². The lowest BCUT2D eigenvalue weighted by Gasteiger charge is -2.00. The number of aromatic nitrogens is 2. The topological polar surface area (TPSA) is 78.1 Å². The maximum atomic E-state index is 10.4. The molecule has 0 aliphatic carbocycles. The number of rotatable bonds is 3. The molecule has 0 aliphatic heterocycles. The van der Waals surface area contributed by atoms with Crippen molar-refractivity contribution in [2.24, 2.45) is 5.73 Å². The highest BCUT2D eigenvalue weighted by Gasteiger charge is 2.32. The minimum absolute atomic E-state index is 0.0373. The lowest BCUT2D eigenvalue weighted by Crippen LogP contribution is -2.19. The Morgan fingerprint density at radius 1 is 1.64 bits per heavy atom. The quantitative estimate of drug-likeness (QED) is 0.659. The van der Waals surface area contributed by atoms with Crippen molar-refractivity contribution in [2.75, 3.05) is 6.61 Å². The summed E-state index contributed by atoms with van der Waals surface area (Å²) in [5, 5.41) is 0. The van der Waals surface area contributed by atoms with Gasteiger partial charge in [0, 0.05) is 4.37 Å². The minimum Gasteiger partial charge on any atom is -0.367 e. The van der Waals surface area contributed by atoms with Crippen LogP contribution >= 0.6 is 45.7 Å². The third kappa shape index (κ3) is 3.55. The van der Waals surface area contributed by atoms with E-state index in [9.17, 15) is 4.79 Å². The molecule has 0 aromatic carbocycles. The summed E-state index contributed by atoms with van der Waals surface area (Å²) in [6.45, 7) is -0.244. The standard InChI is InChI=1S/C5H4Cl3N3O2S/c6-5(7,8)4-10-2-14(11-4)13-1-3(9)12/h2H,1H2,(H-,9,12)/p+1. The molecule has 0 spiro atoms.